The Bertz CT molecular complexity index is 246. The fraction of sp³-hybridized carbons (Fsp3) is 0.125. The zero-order valence-electron chi connectivity index (χ0n) is 5.96. The Morgan fingerprint density at radius 3 is 3.10 bits per heavy atom. The normalized spacial score (nSPS) is 10.5. The Morgan fingerprint density at radius 1 is 1.70 bits per heavy atom. The first-order valence-corrected chi connectivity index (χ1v) is 3.10. The van der Waals surface area contributed by atoms with E-state index in [4.69, 9.17) is 0 Å². The van der Waals surface area contributed by atoms with Crippen molar-refractivity contribution >= 4 is 12.3 Å². The van der Waals surface area contributed by atoms with Crippen molar-refractivity contribution in [3.05, 3.63) is 30.1 Å². The molecule has 1 aromatic heterocycles. The monoisotopic (exact) mass is 134 g/mol. The minimum atomic E-state index is 1.01. The number of aromatic amines is 1. The molecule has 0 saturated carbocycles. The molecule has 2 heteroatoms. The Labute approximate surface area is 60.3 Å². The summed E-state index contributed by atoms with van der Waals surface area (Å²) in [5.74, 6) is 0. The minimum Gasteiger partial charge on any atom is -0.360 e. The average molecular weight is 134 g/mol. The standard InChI is InChI=1S/C8H10N2/c1-3-7-4-5-10-8(7)6-9-2/h3-6,10H,1H2,2H3. The van der Waals surface area contributed by atoms with Gasteiger partial charge >= 0.3 is 0 Å². The first-order chi connectivity index (χ1) is 4.88. The summed E-state index contributed by atoms with van der Waals surface area (Å²) in [6.45, 7) is 3.66. The van der Waals surface area contributed by atoms with E-state index >= 15 is 0 Å². The predicted octanol–water partition coefficient (Wildman–Crippen LogP) is 1.71. The first kappa shape index (κ1) is 6.81. The van der Waals surface area contributed by atoms with Crippen LogP contribution in [0.4, 0.5) is 0 Å². The summed E-state index contributed by atoms with van der Waals surface area (Å²) in [5, 5.41) is 0. The summed E-state index contributed by atoms with van der Waals surface area (Å²) < 4.78 is 0. The molecule has 0 amide bonds. The van der Waals surface area contributed by atoms with Gasteiger partial charge in [0, 0.05) is 25.0 Å². The molecule has 0 atom stereocenters. The zero-order valence-corrected chi connectivity index (χ0v) is 5.96. The molecule has 52 valence electrons. The van der Waals surface area contributed by atoms with Crippen molar-refractivity contribution in [2.45, 2.75) is 0 Å². The summed E-state index contributed by atoms with van der Waals surface area (Å²) in [5.41, 5.74) is 2.10. The third-order valence-corrected chi connectivity index (χ3v) is 1.29. The highest BCUT2D eigenvalue weighted by atomic mass is 14.7. The molecule has 0 saturated heterocycles. The average Bonchev–Trinajstić information content (AvgIpc) is 2.36. The largest absolute Gasteiger partial charge is 0.360 e. The number of rotatable bonds is 2. The molecule has 0 aliphatic heterocycles. The molecule has 0 unspecified atom stereocenters. The fourth-order valence-corrected chi connectivity index (χ4v) is 0.813. The van der Waals surface area contributed by atoms with Crippen molar-refractivity contribution in [1.82, 2.24) is 4.98 Å². The maximum atomic E-state index is 3.88. The quantitative estimate of drug-likeness (QED) is 0.596. The molecule has 2 nitrogen and oxygen atoms in total. The third kappa shape index (κ3) is 1.16. The van der Waals surface area contributed by atoms with E-state index in [1.165, 1.54) is 0 Å². The van der Waals surface area contributed by atoms with Gasteiger partial charge in [-0.2, -0.15) is 0 Å². The van der Waals surface area contributed by atoms with Crippen LogP contribution in [0.3, 0.4) is 0 Å². The van der Waals surface area contributed by atoms with Crippen LogP contribution in [0.15, 0.2) is 23.8 Å². The van der Waals surface area contributed by atoms with E-state index in [1.54, 1.807) is 19.3 Å². The molecule has 0 radical (unpaired) electrons. The van der Waals surface area contributed by atoms with Crippen LogP contribution in [0.25, 0.3) is 6.08 Å². The second kappa shape index (κ2) is 3.01. The van der Waals surface area contributed by atoms with Gasteiger partial charge in [0.15, 0.2) is 0 Å². The van der Waals surface area contributed by atoms with Crippen LogP contribution in [0.2, 0.25) is 0 Å². The number of aliphatic imine (C=N–C) groups is 1. The molecule has 0 aliphatic rings. The minimum absolute atomic E-state index is 1.01. The molecular weight excluding hydrogens is 124 g/mol. The Morgan fingerprint density at radius 2 is 2.50 bits per heavy atom. The van der Waals surface area contributed by atoms with E-state index in [1.807, 2.05) is 12.3 Å². The Kier molecular flexibility index (Phi) is 2.05. The van der Waals surface area contributed by atoms with Gasteiger partial charge in [-0.15, -0.1) is 0 Å². The van der Waals surface area contributed by atoms with Crippen LogP contribution in [-0.2, 0) is 0 Å². The smallest absolute Gasteiger partial charge is 0.0634 e. The van der Waals surface area contributed by atoms with Crippen LogP contribution in [0, 0.1) is 0 Å². The van der Waals surface area contributed by atoms with Crippen molar-refractivity contribution in [3.63, 3.8) is 0 Å². The van der Waals surface area contributed by atoms with Crippen LogP contribution < -0.4 is 0 Å². The van der Waals surface area contributed by atoms with Gasteiger partial charge in [-0.3, -0.25) is 4.99 Å². The van der Waals surface area contributed by atoms with Gasteiger partial charge in [0.05, 0.1) is 5.69 Å². The summed E-state index contributed by atoms with van der Waals surface area (Å²) in [6.07, 6.45) is 5.44. The van der Waals surface area contributed by atoms with Gasteiger partial charge in [-0.05, 0) is 6.07 Å². The summed E-state index contributed by atoms with van der Waals surface area (Å²) in [4.78, 5) is 6.92. The lowest BCUT2D eigenvalue weighted by Gasteiger charge is -1.87. The zero-order chi connectivity index (χ0) is 7.40. The van der Waals surface area contributed by atoms with Crippen molar-refractivity contribution in [1.29, 1.82) is 0 Å². The highest BCUT2D eigenvalue weighted by Gasteiger charge is 1.93. The Hall–Kier alpha value is -1.31. The lowest BCUT2D eigenvalue weighted by atomic mass is 10.2. The van der Waals surface area contributed by atoms with Crippen LogP contribution in [-0.4, -0.2) is 18.2 Å². The second-order valence-electron chi connectivity index (χ2n) is 1.94. The summed E-state index contributed by atoms with van der Waals surface area (Å²) in [7, 11) is 1.74. The van der Waals surface area contributed by atoms with Gasteiger partial charge in [-0.25, -0.2) is 0 Å². The van der Waals surface area contributed by atoms with Crippen molar-refractivity contribution < 1.29 is 0 Å². The third-order valence-electron chi connectivity index (χ3n) is 1.29. The highest BCUT2D eigenvalue weighted by Crippen LogP contribution is 2.04. The SMILES string of the molecule is C=Cc1cc[nH]c1C=NC. The van der Waals surface area contributed by atoms with E-state index < -0.39 is 0 Å². The maximum Gasteiger partial charge on any atom is 0.0634 e. The van der Waals surface area contributed by atoms with Gasteiger partial charge in [0.2, 0.25) is 0 Å². The summed E-state index contributed by atoms with van der Waals surface area (Å²) in [6, 6.07) is 1.96. The number of hydrogen-bond acceptors (Lipinski definition) is 1. The molecule has 1 N–H and O–H groups in total. The summed E-state index contributed by atoms with van der Waals surface area (Å²) >= 11 is 0. The van der Waals surface area contributed by atoms with Crippen molar-refractivity contribution in [2.24, 2.45) is 4.99 Å². The predicted molar refractivity (Wildman–Crippen MR) is 44.4 cm³/mol. The molecule has 0 bridgehead atoms. The van der Waals surface area contributed by atoms with E-state index in [2.05, 4.69) is 16.6 Å². The molecule has 10 heavy (non-hydrogen) atoms. The number of hydrogen-bond donors (Lipinski definition) is 1. The fourth-order valence-electron chi connectivity index (χ4n) is 0.813. The maximum absolute atomic E-state index is 3.88. The molecule has 1 rings (SSSR count). The van der Waals surface area contributed by atoms with Crippen LogP contribution in [0.1, 0.15) is 11.3 Å². The number of aromatic nitrogens is 1. The van der Waals surface area contributed by atoms with Gasteiger partial charge in [0.25, 0.3) is 0 Å². The van der Waals surface area contributed by atoms with Gasteiger partial charge in [0.1, 0.15) is 0 Å². The van der Waals surface area contributed by atoms with E-state index in [0.29, 0.717) is 0 Å². The molecule has 1 aromatic rings. The van der Waals surface area contributed by atoms with Crippen LogP contribution in [0.5, 0.6) is 0 Å². The lowest BCUT2D eigenvalue weighted by molar-refractivity contribution is 1.36. The molecule has 0 aromatic carbocycles. The number of H-pyrrole nitrogens is 1. The molecule has 0 fully saturated rings. The van der Waals surface area contributed by atoms with E-state index in [-0.39, 0.29) is 0 Å². The van der Waals surface area contributed by atoms with Crippen molar-refractivity contribution in [3.8, 4) is 0 Å². The Balaban J connectivity index is 3.00. The second-order valence-corrected chi connectivity index (χ2v) is 1.94. The molecular formula is C8H10N2. The topological polar surface area (TPSA) is 28.1 Å². The van der Waals surface area contributed by atoms with E-state index in [0.717, 1.165) is 11.3 Å². The molecule has 1 heterocycles. The van der Waals surface area contributed by atoms with Gasteiger partial charge < -0.3 is 4.98 Å². The first-order valence-electron chi connectivity index (χ1n) is 3.10. The van der Waals surface area contributed by atoms with E-state index in [9.17, 15) is 0 Å². The van der Waals surface area contributed by atoms with Crippen molar-refractivity contribution in [2.75, 3.05) is 7.05 Å². The number of nitrogens with zero attached hydrogens (tertiary/aromatic N) is 1. The van der Waals surface area contributed by atoms with Crippen LogP contribution >= 0.6 is 0 Å². The molecule has 0 spiro atoms. The lowest BCUT2D eigenvalue weighted by Crippen LogP contribution is -1.82. The highest BCUT2D eigenvalue weighted by molar-refractivity contribution is 5.82. The van der Waals surface area contributed by atoms with Gasteiger partial charge in [-0.1, -0.05) is 12.7 Å². The molecule has 0 aliphatic carbocycles. The number of nitrogens with one attached hydrogen (secondary N) is 1.